The van der Waals surface area contributed by atoms with Gasteiger partial charge in [0.2, 0.25) is 0 Å². The maximum atomic E-state index is 14.0. The molecule has 136 valence electrons. The minimum absolute atomic E-state index is 0.165. The van der Waals surface area contributed by atoms with Crippen LogP contribution in [-0.2, 0) is 0 Å². The predicted octanol–water partition coefficient (Wildman–Crippen LogP) is 4.11. The highest BCUT2D eigenvalue weighted by Crippen LogP contribution is 2.22. The van der Waals surface area contributed by atoms with E-state index in [9.17, 15) is 4.39 Å². The molecule has 4 nitrogen and oxygen atoms in total. The summed E-state index contributed by atoms with van der Waals surface area (Å²) in [6.45, 7) is 3.13. The Morgan fingerprint density at radius 1 is 0.778 bits per heavy atom. The lowest BCUT2D eigenvalue weighted by Gasteiger charge is -2.36. The maximum absolute atomic E-state index is 14.0. The Balaban J connectivity index is 1.43. The lowest BCUT2D eigenvalue weighted by atomic mass is 10.2. The Morgan fingerprint density at radius 2 is 1.48 bits per heavy atom. The average Bonchev–Trinajstić information content (AvgIpc) is 2.74. The summed E-state index contributed by atoms with van der Waals surface area (Å²) in [4.78, 5) is 13.3. The van der Waals surface area contributed by atoms with Crippen LogP contribution < -0.4 is 9.80 Å². The Bertz CT molecular complexity index is 918. The number of rotatable bonds is 4. The smallest absolute Gasteiger partial charge is 0.154 e. The molecule has 4 rings (SSSR count). The Morgan fingerprint density at radius 3 is 2.26 bits per heavy atom. The van der Waals surface area contributed by atoms with Crippen molar-refractivity contribution in [2.45, 2.75) is 0 Å². The molecule has 5 heteroatoms. The van der Waals surface area contributed by atoms with Gasteiger partial charge in [0.25, 0.3) is 0 Å². The Hall–Kier alpha value is -3.21. The van der Waals surface area contributed by atoms with Gasteiger partial charge < -0.3 is 9.80 Å². The van der Waals surface area contributed by atoms with Crippen molar-refractivity contribution in [2.24, 2.45) is 0 Å². The van der Waals surface area contributed by atoms with E-state index in [1.54, 1.807) is 12.3 Å². The van der Waals surface area contributed by atoms with Gasteiger partial charge in [-0.1, -0.05) is 48.5 Å². The van der Waals surface area contributed by atoms with Crippen molar-refractivity contribution >= 4 is 23.7 Å². The summed E-state index contributed by atoms with van der Waals surface area (Å²) in [7, 11) is 0. The van der Waals surface area contributed by atoms with Gasteiger partial charge in [-0.05, 0) is 29.8 Å². The molecule has 2 aromatic carbocycles. The third-order valence-corrected chi connectivity index (χ3v) is 4.68. The van der Waals surface area contributed by atoms with E-state index in [0.29, 0.717) is 11.5 Å². The van der Waals surface area contributed by atoms with Crippen LogP contribution in [0.15, 0.2) is 66.9 Å². The minimum Gasteiger partial charge on any atom is -0.366 e. The number of aromatic nitrogens is 2. The molecule has 0 amide bonds. The van der Waals surface area contributed by atoms with E-state index in [-0.39, 0.29) is 5.82 Å². The number of hydrogen-bond donors (Lipinski definition) is 0. The second-order valence-electron chi connectivity index (χ2n) is 6.44. The lowest BCUT2D eigenvalue weighted by molar-refractivity contribution is 0.596. The summed E-state index contributed by atoms with van der Waals surface area (Å²) in [5.74, 6) is 1.43. The van der Waals surface area contributed by atoms with E-state index in [0.717, 1.165) is 37.6 Å². The molecule has 1 aliphatic rings. The number of piperazine rings is 1. The number of para-hydroxylation sites is 1. The van der Waals surface area contributed by atoms with Gasteiger partial charge in [0.15, 0.2) is 5.82 Å². The monoisotopic (exact) mass is 360 g/mol. The third kappa shape index (κ3) is 4.14. The van der Waals surface area contributed by atoms with E-state index in [2.05, 4.69) is 19.8 Å². The molecule has 0 unspecified atom stereocenters. The average molecular weight is 360 g/mol. The van der Waals surface area contributed by atoms with Crippen molar-refractivity contribution in [3.63, 3.8) is 0 Å². The number of nitrogens with zero attached hydrogens (tertiary/aromatic N) is 4. The minimum atomic E-state index is -0.165. The number of benzene rings is 2. The lowest BCUT2D eigenvalue weighted by Crippen LogP contribution is -2.47. The highest BCUT2D eigenvalue weighted by atomic mass is 19.1. The van der Waals surface area contributed by atoms with E-state index in [1.807, 2.05) is 60.7 Å². The number of anilines is 2. The molecule has 1 saturated heterocycles. The van der Waals surface area contributed by atoms with Crippen molar-refractivity contribution in [1.29, 1.82) is 0 Å². The zero-order chi connectivity index (χ0) is 18.5. The van der Waals surface area contributed by atoms with Crippen LogP contribution in [0.5, 0.6) is 0 Å². The van der Waals surface area contributed by atoms with Gasteiger partial charge in [-0.15, -0.1) is 0 Å². The van der Waals surface area contributed by atoms with E-state index < -0.39 is 0 Å². The van der Waals surface area contributed by atoms with Crippen LogP contribution in [0.3, 0.4) is 0 Å². The highest BCUT2D eigenvalue weighted by Gasteiger charge is 2.20. The normalized spacial score (nSPS) is 14.7. The van der Waals surface area contributed by atoms with Crippen LogP contribution in [0.2, 0.25) is 0 Å². The molecule has 0 saturated carbocycles. The van der Waals surface area contributed by atoms with Gasteiger partial charge >= 0.3 is 0 Å². The van der Waals surface area contributed by atoms with Gasteiger partial charge in [0.05, 0.1) is 5.69 Å². The Labute approximate surface area is 158 Å². The predicted molar refractivity (Wildman–Crippen MR) is 108 cm³/mol. The second kappa shape index (κ2) is 7.99. The van der Waals surface area contributed by atoms with Gasteiger partial charge in [-0.25, -0.2) is 14.4 Å². The Kier molecular flexibility index (Phi) is 5.10. The summed E-state index contributed by atoms with van der Waals surface area (Å²) in [5, 5.41) is 0. The van der Waals surface area contributed by atoms with Crippen molar-refractivity contribution in [3.05, 3.63) is 84.1 Å². The SMILES string of the molecule is Fc1ccccc1N1CCN(c2ccnc(/C=C/c3ccccc3)n2)CC1. The fourth-order valence-electron chi connectivity index (χ4n) is 3.24. The van der Waals surface area contributed by atoms with E-state index in [1.165, 1.54) is 6.07 Å². The number of halogens is 1. The molecular formula is C22H21FN4. The first-order chi connectivity index (χ1) is 13.3. The van der Waals surface area contributed by atoms with Gasteiger partial charge in [0, 0.05) is 32.4 Å². The number of hydrogen-bond acceptors (Lipinski definition) is 4. The van der Waals surface area contributed by atoms with E-state index in [4.69, 9.17) is 0 Å². The van der Waals surface area contributed by atoms with Crippen LogP contribution in [0.25, 0.3) is 12.2 Å². The summed E-state index contributed by atoms with van der Waals surface area (Å²) in [5.41, 5.74) is 1.79. The maximum Gasteiger partial charge on any atom is 0.154 e. The molecule has 1 aromatic heterocycles. The van der Waals surface area contributed by atoms with E-state index >= 15 is 0 Å². The molecule has 0 spiro atoms. The first kappa shape index (κ1) is 17.2. The zero-order valence-corrected chi connectivity index (χ0v) is 15.0. The van der Waals surface area contributed by atoms with Crippen LogP contribution in [0.1, 0.15) is 11.4 Å². The van der Waals surface area contributed by atoms with Gasteiger partial charge in [-0.2, -0.15) is 0 Å². The summed E-state index contributed by atoms with van der Waals surface area (Å²) < 4.78 is 14.0. The molecule has 27 heavy (non-hydrogen) atoms. The molecule has 2 heterocycles. The fourth-order valence-corrected chi connectivity index (χ4v) is 3.24. The molecule has 1 fully saturated rings. The van der Waals surface area contributed by atoms with Crippen LogP contribution in [0.4, 0.5) is 15.9 Å². The van der Waals surface area contributed by atoms with Crippen LogP contribution in [-0.4, -0.2) is 36.1 Å². The fraction of sp³-hybridized carbons (Fsp3) is 0.182. The zero-order valence-electron chi connectivity index (χ0n) is 15.0. The summed E-state index contributed by atoms with van der Waals surface area (Å²) in [6, 6.07) is 19.0. The molecule has 0 aliphatic carbocycles. The summed E-state index contributed by atoms with van der Waals surface area (Å²) in [6.07, 6.45) is 5.72. The van der Waals surface area contributed by atoms with Crippen molar-refractivity contribution in [3.8, 4) is 0 Å². The van der Waals surface area contributed by atoms with Gasteiger partial charge in [-0.3, -0.25) is 0 Å². The van der Waals surface area contributed by atoms with Gasteiger partial charge in [0.1, 0.15) is 11.6 Å². The van der Waals surface area contributed by atoms with Crippen LogP contribution >= 0.6 is 0 Å². The molecule has 0 bridgehead atoms. The molecule has 1 aliphatic heterocycles. The largest absolute Gasteiger partial charge is 0.366 e. The molecule has 3 aromatic rings. The standard InChI is InChI=1S/C22H21FN4/c23-19-8-4-5-9-20(19)26-14-16-27(17-15-26)22-12-13-24-21(25-22)11-10-18-6-2-1-3-7-18/h1-13H,14-17H2/b11-10+. The quantitative estimate of drug-likeness (QED) is 0.701. The second-order valence-corrected chi connectivity index (χ2v) is 6.44. The molecule has 0 N–H and O–H groups in total. The van der Waals surface area contributed by atoms with Crippen LogP contribution in [0, 0.1) is 5.82 Å². The third-order valence-electron chi connectivity index (χ3n) is 4.68. The molecule has 0 radical (unpaired) electrons. The highest BCUT2D eigenvalue weighted by molar-refractivity contribution is 5.67. The molecule has 0 atom stereocenters. The summed E-state index contributed by atoms with van der Waals surface area (Å²) >= 11 is 0. The molecular weight excluding hydrogens is 339 g/mol. The first-order valence-corrected chi connectivity index (χ1v) is 9.10. The van der Waals surface area contributed by atoms with Crippen molar-refractivity contribution in [1.82, 2.24) is 9.97 Å². The van der Waals surface area contributed by atoms with Crippen molar-refractivity contribution in [2.75, 3.05) is 36.0 Å². The first-order valence-electron chi connectivity index (χ1n) is 9.10. The van der Waals surface area contributed by atoms with Crippen molar-refractivity contribution < 1.29 is 4.39 Å². The topological polar surface area (TPSA) is 32.3 Å².